The van der Waals surface area contributed by atoms with E-state index < -0.39 is 0 Å². The zero-order valence-corrected chi connectivity index (χ0v) is 15.6. The summed E-state index contributed by atoms with van der Waals surface area (Å²) in [6.07, 6.45) is 1.11. The first-order chi connectivity index (χ1) is 12.3. The summed E-state index contributed by atoms with van der Waals surface area (Å²) in [4.78, 5) is 7.13. The van der Waals surface area contributed by atoms with Crippen LogP contribution in [-0.4, -0.2) is 63.9 Å². The summed E-state index contributed by atoms with van der Waals surface area (Å²) in [7, 11) is 1.71. The molecule has 0 aliphatic carbocycles. The summed E-state index contributed by atoms with van der Waals surface area (Å²) in [6.45, 7) is 10.1. The van der Waals surface area contributed by atoms with Gasteiger partial charge in [0.25, 0.3) is 0 Å². The first-order valence-corrected chi connectivity index (χ1v) is 9.21. The Morgan fingerprint density at radius 2 is 1.88 bits per heavy atom. The molecule has 2 N–H and O–H groups in total. The van der Waals surface area contributed by atoms with Crippen molar-refractivity contribution in [1.29, 1.82) is 0 Å². The molecule has 2 rings (SSSR count). The fraction of sp³-hybridized carbons (Fsp3) is 0.632. The monoisotopic (exact) mass is 348 g/mol. The van der Waals surface area contributed by atoms with E-state index in [0.29, 0.717) is 13.2 Å². The number of methoxy groups -OCH3 is 1. The van der Waals surface area contributed by atoms with Crippen LogP contribution < -0.4 is 10.6 Å². The van der Waals surface area contributed by atoms with Crippen LogP contribution in [0, 0.1) is 0 Å². The minimum absolute atomic E-state index is 0.650. The van der Waals surface area contributed by atoms with Crippen molar-refractivity contribution >= 4 is 5.96 Å². The molecule has 1 aromatic rings. The van der Waals surface area contributed by atoms with Crippen LogP contribution in [0.5, 0.6) is 0 Å². The topological polar surface area (TPSA) is 58.1 Å². The number of guanidine groups is 1. The normalized spacial score (nSPS) is 16.0. The number of hydrogen-bond acceptors (Lipinski definition) is 4. The molecule has 1 aliphatic rings. The fourth-order valence-electron chi connectivity index (χ4n) is 2.75. The number of nitrogens with one attached hydrogen (secondary N) is 2. The molecule has 1 saturated heterocycles. The van der Waals surface area contributed by atoms with Crippen molar-refractivity contribution in [3.63, 3.8) is 0 Å². The average molecular weight is 348 g/mol. The lowest BCUT2D eigenvalue weighted by Gasteiger charge is -2.26. The molecule has 0 spiro atoms. The van der Waals surface area contributed by atoms with E-state index in [0.717, 1.165) is 58.3 Å². The Balaban J connectivity index is 1.73. The highest BCUT2D eigenvalue weighted by atomic mass is 16.5. The van der Waals surface area contributed by atoms with Gasteiger partial charge in [-0.05, 0) is 31.0 Å². The lowest BCUT2D eigenvalue weighted by molar-refractivity contribution is 0.0376. The second-order valence-electron chi connectivity index (χ2n) is 6.18. The van der Waals surface area contributed by atoms with Gasteiger partial charge in [-0.1, -0.05) is 24.3 Å². The zero-order valence-electron chi connectivity index (χ0n) is 15.6. The van der Waals surface area contributed by atoms with Crippen molar-refractivity contribution in [3.8, 4) is 0 Å². The molecule has 1 aliphatic heterocycles. The Labute approximate surface area is 151 Å². The van der Waals surface area contributed by atoms with Gasteiger partial charge in [-0.15, -0.1) is 0 Å². The number of nitrogens with zero attached hydrogens (tertiary/aromatic N) is 2. The lowest BCUT2D eigenvalue weighted by atomic mass is 10.1. The number of hydrogen-bond donors (Lipinski definition) is 2. The second-order valence-corrected chi connectivity index (χ2v) is 6.18. The summed E-state index contributed by atoms with van der Waals surface area (Å²) in [6, 6.07) is 8.41. The molecule has 6 heteroatoms. The second kappa shape index (κ2) is 11.8. The van der Waals surface area contributed by atoms with Gasteiger partial charge in [0, 0.05) is 33.3 Å². The first kappa shape index (κ1) is 19.7. The molecule has 1 aromatic carbocycles. The lowest BCUT2D eigenvalue weighted by Crippen LogP contribution is -2.40. The highest BCUT2D eigenvalue weighted by molar-refractivity contribution is 5.79. The molecule has 0 saturated carbocycles. The zero-order chi connectivity index (χ0) is 17.7. The SMILES string of the molecule is CCNC(=NCc1ccc(COC)cc1)NCCCN1CCOCC1. The first-order valence-electron chi connectivity index (χ1n) is 9.21. The van der Waals surface area contributed by atoms with E-state index in [2.05, 4.69) is 51.7 Å². The van der Waals surface area contributed by atoms with Crippen molar-refractivity contribution in [3.05, 3.63) is 35.4 Å². The van der Waals surface area contributed by atoms with Crippen molar-refractivity contribution in [1.82, 2.24) is 15.5 Å². The fourth-order valence-corrected chi connectivity index (χ4v) is 2.75. The average Bonchev–Trinajstić information content (AvgIpc) is 2.65. The molecule has 25 heavy (non-hydrogen) atoms. The van der Waals surface area contributed by atoms with E-state index in [-0.39, 0.29) is 0 Å². The van der Waals surface area contributed by atoms with Crippen molar-refractivity contribution in [2.75, 3.05) is 53.0 Å². The predicted octanol–water partition coefficient (Wildman–Crippen LogP) is 1.61. The molecule has 0 radical (unpaired) electrons. The van der Waals surface area contributed by atoms with Gasteiger partial charge in [0.05, 0.1) is 26.4 Å². The van der Waals surface area contributed by atoms with Gasteiger partial charge in [0.15, 0.2) is 5.96 Å². The van der Waals surface area contributed by atoms with Gasteiger partial charge in [0.2, 0.25) is 0 Å². The van der Waals surface area contributed by atoms with Crippen LogP contribution in [0.1, 0.15) is 24.5 Å². The number of ether oxygens (including phenoxy) is 2. The summed E-state index contributed by atoms with van der Waals surface area (Å²) in [5.74, 6) is 0.880. The third kappa shape index (κ3) is 7.86. The summed E-state index contributed by atoms with van der Waals surface area (Å²) < 4.78 is 10.5. The van der Waals surface area contributed by atoms with E-state index in [1.54, 1.807) is 7.11 Å². The molecule has 0 atom stereocenters. The van der Waals surface area contributed by atoms with Crippen LogP contribution in [0.25, 0.3) is 0 Å². The Morgan fingerprint density at radius 1 is 1.16 bits per heavy atom. The Bertz CT molecular complexity index is 499. The maximum atomic E-state index is 5.38. The van der Waals surface area contributed by atoms with E-state index in [9.17, 15) is 0 Å². The number of rotatable bonds is 9. The van der Waals surface area contributed by atoms with Gasteiger partial charge >= 0.3 is 0 Å². The number of morpholine rings is 1. The van der Waals surface area contributed by atoms with Gasteiger partial charge in [0.1, 0.15) is 0 Å². The van der Waals surface area contributed by atoms with Gasteiger partial charge in [-0.3, -0.25) is 4.90 Å². The third-order valence-corrected chi connectivity index (χ3v) is 4.15. The van der Waals surface area contributed by atoms with Crippen molar-refractivity contribution in [2.45, 2.75) is 26.5 Å². The largest absolute Gasteiger partial charge is 0.380 e. The molecule has 0 aromatic heterocycles. The Hall–Kier alpha value is -1.63. The summed E-state index contributed by atoms with van der Waals surface area (Å²) >= 11 is 0. The molecular formula is C19H32N4O2. The minimum atomic E-state index is 0.650. The quantitative estimate of drug-likeness (QED) is 0.403. The Morgan fingerprint density at radius 3 is 2.56 bits per heavy atom. The highest BCUT2D eigenvalue weighted by Crippen LogP contribution is 2.06. The van der Waals surface area contributed by atoms with Crippen LogP contribution in [0.2, 0.25) is 0 Å². The van der Waals surface area contributed by atoms with Crippen LogP contribution in [-0.2, 0) is 22.6 Å². The predicted molar refractivity (Wildman–Crippen MR) is 102 cm³/mol. The van der Waals surface area contributed by atoms with Crippen molar-refractivity contribution in [2.24, 2.45) is 4.99 Å². The number of benzene rings is 1. The van der Waals surface area contributed by atoms with Crippen molar-refractivity contribution < 1.29 is 9.47 Å². The molecule has 0 bridgehead atoms. The minimum Gasteiger partial charge on any atom is -0.380 e. The van der Waals surface area contributed by atoms with Gasteiger partial charge in [-0.2, -0.15) is 0 Å². The van der Waals surface area contributed by atoms with E-state index in [1.807, 2.05) is 0 Å². The van der Waals surface area contributed by atoms with E-state index in [1.165, 1.54) is 11.1 Å². The van der Waals surface area contributed by atoms with Gasteiger partial charge in [-0.25, -0.2) is 4.99 Å². The maximum Gasteiger partial charge on any atom is 0.191 e. The molecule has 0 unspecified atom stereocenters. The molecule has 140 valence electrons. The van der Waals surface area contributed by atoms with Crippen LogP contribution >= 0.6 is 0 Å². The van der Waals surface area contributed by atoms with E-state index >= 15 is 0 Å². The smallest absolute Gasteiger partial charge is 0.191 e. The molecule has 1 fully saturated rings. The molecule has 1 heterocycles. The molecule has 0 amide bonds. The standard InChI is InChI=1S/C19H32N4O2/c1-3-20-19(21-9-4-10-23-11-13-25-14-12-23)22-15-17-5-7-18(8-6-17)16-24-2/h5-8H,3-4,9-16H2,1-2H3,(H2,20,21,22). The Kier molecular flexibility index (Phi) is 9.33. The summed E-state index contributed by atoms with van der Waals surface area (Å²) in [5, 5.41) is 6.73. The number of aliphatic imine (C=N–C) groups is 1. The van der Waals surface area contributed by atoms with Crippen LogP contribution in [0.3, 0.4) is 0 Å². The summed E-state index contributed by atoms with van der Waals surface area (Å²) in [5.41, 5.74) is 2.38. The molecular weight excluding hydrogens is 316 g/mol. The third-order valence-electron chi connectivity index (χ3n) is 4.15. The molecule has 6 nitrogen and oxygen atoms in total. The van der Waals surface area contributed by atoms with Crippen LogP contribution in [0.15, 0.2) is 29.3 Å². The van der Waals surface area contributed by atoms with E-state index in [4.69, 9.17) is 9.47 Å². The van der Waals surface area contributed by atoms with Gasteiger partial charge < -0.3 is 20.1 Å². The van der Waals surface area contributed by atoms with Crippen LogP contribution in [0.4, 0.5) is 0 Å². The maximum absolute atomic E-state index is 5.38. The highest BCUT2D eigenvalue weighted by Gasteiger charge is 2.09.